The largest absolute Gasteiger partial charge is 0.392 e. The molecule has 0 aliphatic heterocycles. The molecule has 0 aliphatic carbocycles. The van der Waals surface area contributed by atoms with Crippen LogP contribution in [-0.4, -0.2) is 36.0 Å². The molecule has 6 heteroatoms. The first-order valence-electron chi connectivity index (χ1n) is 7.55. The minimum Gasteiger partial charge on any atom is -0.392 e. The van der Waals surface area contributed by atoms with Crippen molar-refractivity contribution >= 4 is 33.3 Å². The van der Waals surface area contributed by atoms with E-state index in [0.29, 0.717) is 23.4 Å². The number of carbonyl (C=O) groups excluding carboxylic acids is 2. The summed E-state index contributed by atoms with van der Waals surface area (Å²) in [4.78, 5) is 24.7. The van der Waals surface area contributed by atoms with E-state index in [9.17, 15) is 14.7 Å². The molecule has 5 nitrogen and oxygen atoms in total. The van der Waals surface area contributed by atoms with Crippen LogP contribution in [0.3, 0.4) is 0 Å². The minimum atomic E-state index is -0.527. The highest BCUT2D eigenvalue weighted by Gasteiger charge is 2.15. The number of hydrogen-bond donors (Lipinski definition) is 3. The van der Waals surface area contributed by atoms with Crippen LogP contribution in [0.1, 0.15) is 22.8 Å². The van der Waals surface area contributed by atoms with E-state index < -0.39 is 6.10 Å². The van der Waals surface area contributed by atoms with Crippen molar-refractivity contribution in [1.82, 2.24) is 5.32 Å². The van der Waals surface area contributed by atoms with Crippen LogP contribution in [-0.2, 0) is 4.79 Å². The van der Waals surface area contributed by atoms with Crippen molar-refractivity contribution in [1.29, 1.82) is 0 Å². The third-order valence-corrected chi connectivity index (χ3v) is 3.75. The van der Waals surface area contributed by atoms with E-state index in [2.05, 4.69) is 26.6 Å². The normalized spacial score (nSPS) is 11.8. The monoisotopic (exact) mass is 390 g/mol. The lowest BCUT2D eigenvalue weighted by Crippen LogP contribution is -2.33. The van der Waals surface area contributed by atoms with E-state index in [4.69, 9.17) is 0 Å². The molecule has 3 N–H and O–H groups in total. The number of hydrogen-bond acceptors (Lipinski definition) is 4. The number of aliphatic hydroxyl groups excluding tert-OH is 1. The zero-order valence-electron chi connectivity index (χ0n) is 13.3. The van der Waals surface area contributed by atoms with Crippen LogP contribution in [0.4, 0.5) is 5.69 Å². The molecule has 0 saturated heterocycles. The summed E-state index contributed by atoms with van der Waals surface area (Å²) in [6, 6.07) is 14.0. The Hall–Kier alpha value is -2.02. The summed E-state index contributed by atoms with van der Waals surface area (Å²) in [7, 11) is 0. The second-order valence-electron chi connectivity index (χ2n) is 5.41. The molecular formula is C18H19BrN2O3. The maximum absolute atomic E-state index is 12.7. The molecule has 1 atom stereocenters. The predicted octanol–water partition coefficient (Wildman–Crippen LogP) is 2.59. The number of rotatable bonds is 7. The quantitative estimate of drug-likeness (QED) is 0.634. The van der Waals surface area contributed by atoms with Gasteiger partial charge in [-0.3, -0.25) is 9.59 Å². The van der Waals surface area contributed by atoms with Crippen LogP contribution >= 0.6 is 15.9 Å². The van der Waals surface area contributed by atoms with Crippen LogP contribution in [0.15, 0.2) is 53.0 Å². The zero-order chi connectivity index (χ0) is 17.5. The molecule has 0 aromatic heterocycles. The lowest BCUT2D eigenvalue weighted by atomic mass is 10.0. The minimum absolute atomic E-state index is 0.0555. The van der Waals surface area contributed by atoms with Crippen molar-refractivity contribution in [3.05, 3.63) is 64.1 Å². The SMILES string of the molecule is CC(O)CNCC(=O)Nc1ccc(Br)cc1C(=O)c1ccccc1. The Morgan fingerprint density at radius 1 is 1.17 bits per heavy atom. The first-order chi connectivity index (χ1) is 11.5. The molecule has 2 aromatic rings. The summed E-state index contributed by atoms with van der Waals surface area (Å²) in [6.45, 7) is 2.01. The number of halogens is 1. The summed E-state index contributed by atoms with van der Waals surface area (Å²) in [5.41, 5.74) is 1.42. The number of aliphatic hydroxyl groups is 1. The van der Waals surface area contributed by atoms with Crippen LogP contribution < -0.4 is 10.6 Å². The lowest BCUT2D eigenvalue weighted by molar-refractivity contribution is -0.115. The fourth-order valence-corrected chi connectivity index (χ4v) is 2.51. The maximum Gasteiger partial charge on any atom is 0.238 e. The molecule has 24 heavy (non-hydrogen) atoms. The first-order valence-corrected chi connectivity index (χ1v) is 8.34. The Morgan fingerprint density at radius 3 is 2.54 bits per heavy atom. The molecule has 0 bridgehead atoms. The van der Waals surface area contributed by atoms with Gasteiger partial charge in [0.1, 0.15) is 0 Å². The molecule has 0 aliphatic rings. The number of carbonyl (C=O) groups is 2. The Balaban J connectivity index is 2.16. The summed E-state index contributed by atoms with van der Waals surface area (Å²) < 4.78 is 0.756. The van der Waals surface area contributed by atoms with Gasteiger partial charge in [-0.1, -0.05) is 46.3 Å². The maximum atomic E-state index is 12.7. The molecular weight excluding hydrogens is 372 g/mol. The van der Waals surface area contributed by atoms with Crippen molar-refractivity contribution < 1.29 is 14.7 Å². The van der Waals surface area contributed by atoms with Crippen LogP contribution in [0.5, 0.6) is 0 Å². The molecule has 126 valence electrons. The van der Waals surface area contributed by atoms with Gasteiger partial charge in [0, 0.05) is 22.1 Å². The highest BCUT2D eigenvalue weighted by atomic mass is 79.9. The summed E-state index contributed by atoms with van der Waals surface area (Å²) >= 11 is 3.36. The van der Waals surface area contributed by atoms with E-state index in [1.165, 1.54) is 0 Å². The highest BCUT2D eigenvalue weighted by Crippen LogP contribution is 2.24. The van der Waals surface area contributed by atoms with Gasteiger partial charge in [-0.05, 0) is 25.1 Å². The van der Waals surface area contributed by atoms with Crippen molar-refractivity contribution in [3.8, 4) is 0 Å². The van der Waals surface area contributed by atoms with Gasteiger partial charge in [-0.2, -0.15) is 0 Å². The van der Waals surface area contributed by atoms with Gasteiger partial charge in [-0.25, -0.2) is 0 Å². The topological polar surface area (TPSA) is 78.4 Å². The Morgan fingerprint density at radius 2 is 1.88 bits per heavy atom. The number of ketones is 1. The van der Waals surface area contributed by atoms with Gasteiger partial charge < -0.3 is 15.7 Å². The molecule has 0 spiro atoms. The van der Waals surface area contributed by atoms with Gasteiger partial charge in [0.15, 0.2) is 5.78 Å². The second kappa shape index (κ2) is 8.73. The van der Waals surface area contributed by atoms with Gasteiger partial charge in [0.05, 0.1) is 18.3 Å². The van der Waals surface area contributed by atoms with E-state index >= 15 is 0 Å². The van der Waals surface area contributed by atoms with E-state index in [-0.39, 0.29) is 18.2 Å². The third-order valence-electron chi connectivity index (χ3n) is 3.26. The van der Waals surface area contributed by atoms with Crippen LogP contribution in [0.2, 0.25) is 0 Å². The van der Waals surface area contributed by atoms with E-state index in [1.807, 2.05) is 6.07 Å². The average Bonchev–Trinajstić information content (AvgIpc) is 2.56. The lowest BCUT2D eigenvalue weighted by Gasteiger charge is -2.12. The van der Waals surface area contributed by atoms with E-state index in [1.54, 1.807) is 49.4 Å². The smallest absolute Gasteiger partial charge is 0.238 e. The molecule has 0 radical (unpaired) electrons. The highest BCUT2D eigenvalue weighted by molar-refractivity contribution is 9.10. The Bertz CT molecular complexity index is 717. The number of benzene rings is 2. The molecule has 1 unspecified atom stereocenters. The predicted molar refractivity (Wildman–Crippen MR) is 97.2 cm³/mol. The van der Waals surface area contributed by atoms with E-state index in [0.717, 1.165) is 4.47 Å². The molecule has 0 heterocycles. The fraction of sp³-hybridized carbons (Fsp3) is 0.222. The van der Waals surface area contributed by atoms with Gasteiger partial charge in [0.25, 0.3) is 0 Å². The Labute approximate surface area is 149 Å². The molecule has 2 aromatic carbocycles. The molecule has 0 fully saturated rings. The third kappa shape index (κ3) is 5.26. The van der Waals surface area contributed by atoms with Gasteiger partial charge >= 0.3 is 0 Å². The molecule has 1 amide bonds. The number of amides is 1. The summed E-state index contributed by atoms with van der Waals surface area (Å²) in [5, 5.41) is 14.8. The Kier molecular flexibility index (Phi) is 6.66. The summed E-state index contributed by atoms with van der Waals surface area (Å²) in [6.07, 6.45) is -0.527. The van der Waals surface area contributed by atoms with Crippen LogP contribution in [0.25, 0.3) is 0 Å². The van der Waals surface area contributed by atoms with Gasteiger partial charge in [0.2, 0.25) is 5.91 Å². The molecule has 2 rings (SSSR count). The number of nitrogens with one attached hydrogen (secondary N) is 2. The van der Waals surface area contributed by atoms with Crippen LogP contribution in [0, 0.1) is 0 Å². The fourth-order valence-electron chi connectivity index (χ4n) is 2.15. The zero-order valence-corrected chi connectivity index (χ0v) is 14.8. The van der Waals surface area contributed by atoms with Crippen molar-refractivity contribution in [2.45, 2.75) is 13.0 Å². The van der Waals surface area contributed by atoms with Crippen molar-refractivity contribution in [2.24, 2.45) is 0 Å². The van der Waals surface area contributed by atoms with Crippen molar-refractivity contribution in [2.75, 3.05) is 18.4 Å². The second-order valence-corrected chi connectivity index (χ2v) is 6.33. The molecule has 0 saturated carbocycles. The summed E-state index contributed by atoms with van der Waals surface area (Å²) in [5.74, 6) is -0.441. The van der Waals surface area contributed by atoms with Crippen molar-refractivity contribution in [3.63, 3.8) is 0 Å². The first kappa shape index (κ1) is 18.3. The standard InChI is InChI=1S/C18H19BrN2O3/c1-12(22)10-20-11-17(23)21-16-8-7-14(19)9-15(16)18(24)13-5-3-2-4-6-13/h2-9,12,20,22H,10-11H2,1H3,(H,21,23). The average molecular weight is 391 g/mol. The number of anilines is 1. The van der Waals surface area contributed by atoms with Gasteiger partial charge in [-0.15, -0.1) is 0 Å².